The molecule has 0 aliphatic heterocycles. The van der Waals surface area contributed by atoms with E-state index in [1.54, 1.807) is 97.1 Å². The number of hydrogen-bond acceptors (Lipinski definition) is 9. The molecule has 1 aliphatic rings. The Hall–Kier alpha value is -5.57. The minimum atomic E-state index is -1.54. The molecule has 0 atom stereocenters. The van der Waals surface area contributed by atoms with E-state index in [4.69, 9.17) is 18.9 Å². The third-order valence-electron chi connectivity index (χ3n) is 9.34. The van der Waals surface area contributed by atoms with E-state index in [-0.39, 0.29) is 12.8 Å². The van der Waals surface area contributed by atoms with Crippen LogP contribution >= 0.6 is 0 Å². The lowest BCUT2D eigenvalue weighted by Gasteiger charge is -2.44. The Morgan fingerprint density at radius 2 is 0.647 bits per heavy atom. The Kier molecular flexibility index (Phi) is 11.5. The maximum absolute atomic E-state index is 15.0. The quantitative estimate of drug-likeness (QED) is 0.111. The molecule has 9 nitrogen and oxygen atoms in total. The molecule has 0 saturated heterocycles. The summed E-state index contributed by atoms with van der Waals surface area (Å²) in [5.74, 6) is -3.11. The van der Waals surface area contributed by atoms with Crippen LogP contribution in [0.3, 0.4) is 0 Å². The summed E-state index contributed by atoms with van der Waals surface area (Å²) in [7, 11) is 0. The first-order valence-corrected chi connectivity index (χ1v) is 16.9. The van der Waals surface area contributed by atoms with Gasteiger partial charge in [-0.25, -0.2) is 19.2 Å². The molecule has 0 amide bonds. The van der Waals surface area contributed by atoms with Gasteiger partial charge in [0.15, 0.2) is 5.78 Å². The number of rotatable bonds is 12. The lowest BCUT2D eigenvalue weighted by molar-refractivity contribution is -0.157. The molecule has 0 N–H and O–H groups in total. The molecule has 9 heteroatoms. The monoisotopic (exact) mass is 690 g/mol. The van der Waals surface area contributed by atoms with Gasteiger partial charge in [-0.05, 0) is 89.1 Å². The van der Waals surface area contributed by atoms with E-state index >= 15 is 0 Å². The fraction of sp³-hybridized carbons (Fsp3) is 0.310. The van der Waals surface area contributed by atoms with Crippen molar-refractivity contribution in [1.82, 2.24) is 0 Å². The third-order valence-corrected chi connectivity index (χ3v) is 9.34. The van der Waals surface area contributed by atoms with Crippen LogP contribution in [0.2, 0.25) is 0 Å². The van der Waals surface area contributed by atoms with Crippen LogP contribution in [0.15, 0.2) is 97.1 Å². The van der Waals surface area contributed by atoms with Gasteiger partial charge in [-0.3, -0.25) is 4.79 Å². The molecule has 0 radical (unpaired) electrons. The van der Waals surface area contributed by atoms with E-state index in [1.807, 2.05) is 27.7 Å². The fourth-order valence-electron chi connectivity index (χ4n) is 6.10. The number of benzene rings is 4. The van der Waals surface area contributed by atoms with Crippen LogP contribution in [0, 0.1) is 38.5 Å². The predicted octanol–water partition coefficient (Wildman–Crippen LogP) is 7.37. The zero-order valence-electron chi connectivity index (χ0n) is 29.4. The Morgan fingerprint density at radius 1 is 0.431 bits per heavy atom. The van der Waals surface area contributed by atoms with Crippen molar-refractivity contribution in [2.45, 2.75) is 47.0 Å². The van der Waals surface area contributed by atoms with E-state index in [0.29, 0.717) is 28.7 Å². The molecule has 4 aromatic carbocycles. The Morgan fingerprint density at radius 3 is 0.863 bits per heavy atom. The van der Waals surface area contributed by atoms with Crippen LogP contribution in [-0.4, -0.2) is 56.1 Å². The van der Waals surface area contributed by atoms with E-state index in [1.165, 1.54) is 0 Å². The predicted molar refractivity (Wildman–Crippen MR) is 190 cm³/mol. The summed E-state index contributed by atoms with van der Waals surface area (Å²) < 4.78 is 23.1. The Balaban J connectivity index is 1.46. The standard InChI is InChI=1S/C42H42O9/c1-28-6-14-32(15-7-28)36(43)48-24-41(25-49-37(44)33-16-8-29(2)9-17-33)22-5-23-42(40(41)47,26-50-38(45)34-18-10-30(3)11-19-34)27-51-39(46)35-20-12-31(4)13-21-35/h6-21H,5,22-27H2,1-4H3. The van der Waals surface area contributed by atoms with Crippen LogP contribution in [0.25, 0.3) is 0 Å². The summed E-state index contributed by atoms with van der Waals surface area (Å²) in [4.78, 5) is 67.8. The number of carbonyl (C=O) groups is 5. The molecule has 264 valence electrons. The van der Waals surface area contributed by atoms with E-state index in [0.717, 1.165) is 22.3 Å². The number of ether oxygens (including phenoxy) is 4. The second-order valence-corrected chi connectivity index (χ2v) is 13.5. The summed E-state index contributed by atoms with van der Waals surface area (Å²) in [5.41, 5.74) is 1.93. The minimum absolute atomic E-state index is 0.202. The first kappa shape index (κ1) is 36.7. The molecule has 5 rings (SSSR count). The molecular weight excluding hydrogens is 648 g/mol. The number of carbonyl (C=O) groups excluding carboxylic acids is 5. The minimum Gasteiger partial charge on any atom is -0.461 e. The second-order valence-electron chi connectivity index (χ2n) is 13.5. The maximum Gasteiger partial charge on any atom is 0.338 e. The average Bonchev–Trinajstić information content (AvgIpc) is 3.13. The Bertz CT molecular complexity index is 1610. The van der Waals surface area contributed by atoms with Crippen molar-refractivity contribution in [2.75, 3.05) is 26.4 Å². The zero-order chi connectivity index (χ0) is 36.6. The average molecular weight is 691 g/mol. The third kappa shape index (κ3) is 8.97. The first-order valence-electron chi connectivity index (χ1n) is 16.9. The molecule has 1 aliphatic carbocycles. The van der Waals surface area contributed by atoms with Crippen molar-refractivity contribution in [3.8, 4) is 0 Å². The van der Waals surface area contributed by atoms with Gasteiger partial charge in [-0.15, -0.1) is 0 Å². The normalized spacial score (nSPS) is 14.6. The SMILES string of the molecule is Cc1ccc(C(=O)OCC2(COC(=O)c3ccc(C)cc3)CCCC(COC(=O)c3ccc(C)cc3)(COC(=O)c3ccc(C)cc3)C2=O)cc1. The number of ketones is 1. The summed E-state index contributed by atoms with van der Waals surface area (Å²) in [6, 6.07) is 27.2. The van der Waals surface area contributed by atoms with Gasteiger partial charge in [0.1, 0.15) is 26.4 Å². The van der Waals surface area contributed by atoms with Crippen molar-refractivity contribution in [2.24, 2.45) is 10.8 Å². The first-order chi connectivity index (χ1) is 24.4. The lowest BCUT2D eigenvalue weighted by atomic mass is 9.61. The number of Topliss-reactive ketones (excluding diaryl/α,β-unsaturated/α-hetero) is 1. The summed E-state index contributed by atoms with van der Waals surface area (Å²) in [6.45, 7) is 5.90. The maximum atomic E-state index is 15.0. The van der Waals surface area contributed by atoms with Gasteiger partial charge < -0.3 is 18.9 Å². The van der Waals surface area contributed by atoms with E-state index in [9.17, 15) is 24.0 Å². The van der Waals surface area contributed by atoms with Crippen LogP contribution < -0.4 is 0 Å². The summed E-state index contributed by atoms with van der Waals surface area (Å²) in [5, 5.41) is 0. The van der Waals surface area contributed by atoms with Crippen molar-refractivity contribution in [1.29, 1.82) is 0 Å². The summed E-state index contributed by atoms with van der Waals surface area (Å²) in [6.07, 6.45) is 0.793. The van der Waals surface area contributed by atoms with Gasteiger partial charge in [0, 0.05) is 0 Å². The highest BCUT2D eigenvalue weighted by molar-refractivity contribution is 5.96. The molecule has 51 heavy (non-hydrogen) atoms. The number of hydrogen-bond donors (Lipinski definition) is 0. The van der Waals surface area contributed by atoms with Gasteiger partial charge in [-0.2, -0.15) is 0 Å². The topological polar surface area (TPSA) is 122 Å². The van der Waals surface area contributed by atoms with E-state index < -0.39 is 66.9 Å². The summed E-state index contributed by atoms with van der Waals surface area (Å²) >= 11 is 0. The molecule has 1 fully saturated rings. The second kappa shape index (κ2) is 16.0. The molecular formula is C42H42O9. The van der Waals surface area contributed by atoms with Crippen molar-refractivity contribution in [3.63, 3.8) is 0 Å². The lowest BCUT2D eigenvalue weighted by Crippen LogP contribution is -2.56. The van der Waals surface area contributed by atoms with Gasteiger partial charge in [0.05, 0.1) is 33.1 Å². The zero-order valence-corrected chi connectivity index (χ0v) is 29.4. The van der Waals surface area contributed by atoms with Crippen LogP contribution in [-0.2, 0) is 23.7 Å². The van der Waals surface area contributed by atoms with Crippen LogP contribution in [0.5, 0.6) is 0 Å². The molecule has 0 aromatic heterocycles. The highest BCUT2D eigenvalue weighted by Crippen LogP contribution is 2.45. The van der Waals surface area contributed by atoms with Crippen LogP contribution in [0.4, 0.5) is 0 Å². The highest BCUT2D eigenvalue weighted by atomic mass is 16.6. The Labute approximate surface area is 297 Å². The van der Waals surface area contributed by atoms with Crippen LogP contribution in [0.1, 0.15) is 82.9 Å². The number of aryl methyl sites for hydroxylation is 4. The molecule has 0 bridgehead atoms. The smallest absolute Gasteiger partial charge is 0.338 e. The van der Waals surface area contributed by atoms with Gasteiger partial charge >= 0.3 is 23.9 Å². The van der Waals surface area contributed by atoms with Crippen molar-refractivity contribution >= 4 is 29.7 Å². The molecule has 4 aromatic rings. The van der Waals surface area contributed by atoms with Gasteiger partial charge in [-0.1, -0.05) is 77.2 Å². The van der Waals surface area contributed by atoms with Crippen molar-refractivity contribution < 1.29 is 42.9 Å². The highest BCUT2D eigenvalue weighted by Gasteiger charge is 2.56. The molecule has 0 unspecified atom stereocenters. The fourth-order valence-corrected chi connectivity index (χ4v) is 6.10. The van der Waals surface area contributed by atoms with Gasteiger partial charge in [0.25, 0.3) is 0 Å². The van der Waals surface area contributed by atoms with E-state index in [2.05, 4.69) is 0 Å². The number of esters is 4. The largest absolute Gasteiger partial charge is 0.461 e. The van der Waals surface area contributed by atoms with Gasteiger partial charge in [0.2, 0.25) is 0 Å². The molecule has 1 saturated carbocycles. The molecule has 0 spiro atoms. The van der Waals surface area contributed by atoms with Crippen molar-refractivity contribution in [3.05, 3.63) is 142 Å². The molecule has 0 heterocycles.